The summed E-state index contributed by atoms with van der Waals surface area (Å²) in [7, 11) is -2.88. The van der Waals surface area contributed by atoms with E-state index in [0.29, 0.717) is 12.8 Å². The predicted octanol–water partition coefficient (Wildman–Crippen LogP) is 4.71. The van der Waals surface area contributed by atoms with Crippen molar-refractivity contribution in [2.45, 2.75) is 19.8 Å². The summed E-state index contributed by atoms with van der Waals surface area (Å²) in [6, 6.07) is 40.4. The number of carbonyl (C=O) groups is 1. The van der Waals surface area contributed by atoms with Gasteiger partial charge >= 0.3 is 8.32 Å². The van der Waals surface area contributed by atoms with Crippen LogP contribution in [0.15, 0.2) is 126 Å². The lowest BCUT2D eigenvalue weighted by Gasteiger charge is -2.30. The molecular weight excluding hydrogens is 422 g/mol. The molecule has 0 amide bonds. The number of ketones is 1. The van der Waals surface area contributed by atoms with E-state index in [1.165, 1.54) is 0 Å². The Hall–Kier alpha value is -3.76. The molecule has 0 aliphatic carbocycles. The highest BCUT2D eigenvalue weighted by atomic mass is 28.4. The highest BCUT2D eigenvalue weighted by molar-refractivity contribution is 7.07. The molecule has 0 bridgehead atoms. The van der Waals surface area contributed by atoms with E-state index in [2.05, 4.69) is 41.6 Å². The minimum atomic E-state index is -2.88. The van der Waals surface area contributed by atoms with Gasteiger partial charge in [0.25, 0.3) is 0 Å². The molecule has 3 nitrogen and oxygen atoms in total. The predicted molar refractivity (Wildman–Crippen MR) is 138 cm³/mol. The standard InChI is InChI=1S/C29H27NO2Si/c1-24(22-23-29(31)25-14-6-2-7-15-25)30-32-33(26-16-8-3-9-17-26,27-18-10-4-11-19-27)28-20-12-5-13-21-28/h2-21H,22-23H2,1H3/b30-24+. The first-order valence-corrected chi connectivity index (χ1v) is 13.1. The van der Waals surface area contributed by atoms with E-state index in [1.54, 1.807) is 0 Å². The molecule has 0 heterocycles. The normalized spacial score (nSPS) is 11.7. The molecule has 0 aliphatic rings. The molecule has 4 aromatic rings. The molecule has 0 saturated heterocycles. The maximum atomic E-state index is 12.5. The average molecular weight is 450 g/mol. The Balaban J connectivity index is 1.67. The molecule has 0 atom stereocenters. The summed E-state index contributed by atoms with van der Waals surface area (Å²) >= 11 is 0. The third kappa shape index (κ3) is 5.18. The number of hydrogen-bond donors (Lipinski definition) is 0. The Morgan fingerprint density at radius 2 is 1.03 bits per heavy atom. The van der Waals surface area contributed by atoms with Gasteiger partial charge in [0.2, 0.25) is 0 Å². The van der Waals surface area contributed by atoms with Gasteiger partial charge in [-0.3, -0.25) is 4.79 Å². The molecule has 33 heavy (non-hydrogen) atoms. The summed E-state index contributed by atoms with van der Waals surface area (Å²) in [6.45, 7) is 1.93. The second kappa shape index (κ2) is 10.7. The zero-order chi connectivity index (χ0) is 22.9. The lowest BCUT2D eigenvalue weighted by atomic mass is 10.1. The van der Waals surface area contributed by atoms with E-state index >= 15 is 0 Å². The van der Waals surface area contributed by atoms with Gasteiger partial charge in [-0.1, -0.05) is 121 Å². The summed E-state index contributed by atoms with van der Waals surface area (Å²) in [4.78, 5) is 12.5. The molecule has 0 N–H and O–H groups in total. The summed E-state index contributed by atoms with van der Waals surface area (Å²) in [5, 5.41) is 7.99. The van der Waals surface area contributed by atoms with Gasteiger partial charge in [-0.05, 0) is 28.9 Å². The van der Waals surface area contributed by atoms with Crippen molar-refractivity contribution in [3.05, 3.63) is 127 Å². The third-order valence-corrected chi connectivity index (χ3v) is 9.49. The van der Waals surface area contributed by atoms with Crippen LogP contribution in [0.4, 0.5) is 0 Å². The Labute approximate surface area is 196 Å². The Morgan fingerprint density at radius 1 is 0.636 bits per heavy atom. The zero-order valence-corrected chi connectivity index (χ0v) is 19.7. The van der Waals surface area contributed by atoms with Crippen LogP contribution in [0.5, 0.6) is 0 Å². The second-order valence-electron chi connectivity index (χ2n) is 7.99. The summed E-state index contributed by atoms with van der Waals surface area (Å²) in [5.74, 6) is 0.114. The quantitative estimate of drug-likeness (QED) is 0.122. The maximum Gasteiger partial charge on any atom is 0.380 e. The lowest BCUT2D eigenvalue weighted by Crippen LogP contribution is -2.68. The topological polar surface area (TPSA) is 38.7 Å². The molecule has 0 fully saturated rings. The van der Waals surface area contributed by atoms with Gasteiger partial charge in [-0.15, -0.1) is 5.16 Å². The lowest BCUT2D eigenvalue weighted by molar-refractivity contribution is 0.0984. The summed E-state index contributed by atoms with van der Waals surface area (Å²) in [6.07, 6.45) is 0.954. The fourth-order valence-corrected chi connectivity index (χ4v) is 7.53. The molecule has 4 heteroatoms. The highest BCUT2D eigenvalue weighted by Crippen LogP contribution is 2.12. The first-order valence-electron chi connectivity index (χ1n) is 11.2. The van der Waals surface area contributed by atoms with E-state index in [0.717, 1.165) is 26.8 Å². The van der Waals surface area contributed by atoms with Crippen molar-refractivity contribution in [1.82, 2.24) is 0 Å². The van der Waals surface area contributed by atoms with Gasteiger partial charge < -0.3 is 4.53 Å². The molecule has 4 rings (SSSR count). The monoisotopic (exact) mass is 449 g/mol. The molecule has 164 valence electrons. The van der Waals surface area contributed by atoms with Crippen LogP contribution < -0.4 is 15.6 Å². The first kappa shape index (κ1) is 22.4. The molecular formula is C29H27NO2Si. The van der Waals surface area contributed by atoms with Crippen LogP contribution in [0.1, 0.15) is 30.1 Å². The maximum absolute atomic E-state index is 12.5. The fraction of sp³-hybridized carbons (Fsp3) is 0.103. The number of benzene rings is 4. The van der Waals surface area contributed by atoms with Gasteiger partial charge in [-0.2, -0.15) is 0 Å². The summed E-state index contributed by atoms with van der Waals surface area (Å²) in [5.41, 5.74) is 1.53. The van der Waals surface area contributed by atoms with Crippen LogP contribution in [-0.2, 0) is 4.53 Å². The highest BCUT2D eigenvalue weighted by Gasteiger charge is 2.44. The van der Waals surface area contributed by atoms with Gasteiger partial charge in [0.15, 0.2) is 5.78 Å². The van der Waals surface area contributed by atoms with Gasteiger partial charge in [-0.25, -0.2) is 0 Å². The van der Waals surface area contributed by atoms with E-state index in [1.807, 2.05) is 91.9 Å². The average Bonchev–Trinajstić information content (AvgIpc) is 2.90. The Bertz CT molecular complexity index is 1100. The molecule has 4 aromatic carbocycles. The van der Waals surface area contributed by atoms with Crippen LogP contribution in [0.2, 0.25) is 0 Å². The smallest absolute Gasteiger partial charge is 0.380 e. The van der Waals surface area contributed by atoms with Crippen LogP contribution in [0.25, 0.3) is 0 Å². The van der Waals surface area contributed by atoms with Gasteiger partial charge in [0, 0.05) is 12.0 Å². The minimum Gasteiger partial charge on any atom is -0.438 e. The van der Waals surface area contributed by atoms with E-state index < -0.39 is 8.32 Å². The van der Waals surface area contributed by atoms with Crippen LogP contribution in [0, 0.1) is 0 Å². The van der Waals surface area contributed by atoms with Crippen molar-refractivity contribution in [1.29, 1.82) is 0 Å². The van der Waals surface area contributed by atoms with Crippen LogP contribution in [-0.4, -0.2) is 19.8 Å². The van der Waals surface area contributed by atoms with Crippen molar-refractivity contribution in [3.8, 4) is 0 Å². The number of carbonyl (C=O) groups excluding carboxylic acids is 1. The van der Waals surface area contributed by atoms with E-state index in [9.17, 15) is 4.79 Å². The van der Waals surface area contributed by atoms with Crippen LogP contribution >= 0.6 is 0 Å². The summed E-state index contributed by atoms with van der Waals surface area (Å²) < 4.78 is 6.60. The SMILES string of the molecule is C/C(CCC(=O)c1ccccc1)=N\O[Si](c1ccccc1)(c1ccccc1)c1ccccc1. The number of rotatable bonds is 9. The van der Waals surface area contributed by atoms with E-state index in [4.69, 9.17) is 4.53 Å². The minimum absolute atomic E-state index is 0.114. The van der Waals surface area contributed by atoms with Crippen LogP contribution in [0.3, 0.4) is 0 Å². The molecule has 0 radical (unpaired) electrons. The largest absolute Gasteiger partial charge is 0.438 e. The number of Topliss-reactive ketones (excluding diaryl/α,β-unsaturated/α-hetero) is 1. The third-order valence-electron chi connectivity index (χ3n) is 5.69. The zero-order valence-electron chi connectivity index (χ0n) is 18.7. The first-order chi connectivity index (χ1) is 16.2. The van der Waals surface area contributed by atoms with Crippen molar-refractivity contribution >= 4 is 35.4 Å². The Morgan fingerprint density at radius 3 is 1.45 bits per heavy atom. The van der Waals surface area contributed by atoms with Crippen molar-refractivity contribution in [3.63, 3.8) is 0 Å². The van der Waals surface area contributed by atoms with Crippen molar-refractivity contribution < 1.29 is 9.32 Å². The second-order valence-corrected chi connectivity index (χ2v) is 11.3. The van der Waals surface area contributed by atoms with E-state index in [-0.39, 0.29) is 5.78 Å². The van der Waals surface area contributed by atoms with Crippen molar-refractivity contribution in [2.24, 2.45) is 5.16 Å². The van der Waals surface area contributed by atoms with Gasteiger partial charge in [0.05, 0.1) is 5.71 Å². The molecule has 0 aliphatic heterocycles. The molecule has 0 saturated carbocycles. The number of oxime groups is 1. The molecule has 0 spiro atoms. The van der Waals surface area contributed by atoms with Gasteiger partial charge in [0.1, 0.15) is 0 Å². The Kier molecular flexibility index (Phi) is 7.28. The molecule has 0 aromatic heterocycles. The molecule has 0 unspecified atom stereocenters. The number of hydrogen-bond acceptors (Lipinski definition) is 3. The fourth-order valence-electron chi connectivity index (χ4n) is 3.93. The number of nitrogens with zero attached hydrogens (tertiary/aromatic N) is 1. The van der Waals surface area contributed by atoms with Crippen molar-refractivity contribution in [2.75, 3.05) is 0 Å².